The van der Waals surface area contributed by atoms with Crippen molar-refractivity contribution in [3.63, 3.8) is 0 Å². The molecule has 0 aliphatic carbocycles. The average Bonchev–Trinajstić information content (AvgIpc) is 2.12. The fraction of sp³-hybridized carbons (Fsp3) is 0.636. The molecule has 0 aliphatic heterocycles. The normalized spacial score (nSPS) is 11.1. The summed E-state index contributed by atoms with van der Waals surface area (Å²) in [7, 11) is 1.66. The molecule has 15 heavy (non-hydrogen) atoms. The number of methoxy groups -OCH3 is 1. The number of hydrogen-bond acceptors (Lipinski definition) is 3. The fourth-order valence-corrected chi connectivity index (χ4v) is 2.02. The van der Waals surface area contributed by atoms with E-state index < -0.39 is 0 Å². The zero-order valence-corrected chi connectivity index (χ0v) is 10.4. The van der Waals surface area contributed by atoms with Crippen LogP contribution in [0.3, 0.4) is 0 Å². The molecule has 0 atom stereocenters. The Hall–Kier alpha value is -0.670. The van der Waals surface area contributed by atoms with E-state index in [1.54, 1.807) is 7.11 Å². The Morgan fingerprint density at radius 1 is 1.33 bits per heavy atom. The highest BCUT2D eigenvalue weighted by Crippen LogP contribution is 2.24. The molecule has 0 bridgehead atoms. The van der Waals surface area contributed by atoms with Gasteiger partial charge in [-0.1, -0.05) is 25.4 Å². The van der Waals surface area contributed by atoms with Gasteiger partial charge in [-0.15, -0.1) is 0 Å². The first kappa shape index (κ1) is 12.4. The third kappa shape index (κ3) is 3.14. The summed E-state index contributed by atoms with van der Waals surface area (Å²) in [6.45, 7) is 6.77. The SMILES string of the molecule is COCCc1nc(C)c(C(C)C)c(Cl)n1. The molecule has 0 amide bonds. The molecule has 1 aromatic rings. The van der Waals surface area contributed by atoms with Crippen LogP contribution in [0.1, 0.15) is 36.8 Å². The molecule has 0 saturated carbocycles. The van der Waals surface area contributed by atoms with Gasteiger partial charge in [-0.05, 0) is 12.8 Å². The first-order chi connectivity index (χ1) is 7.06. The summed E-state index contributed by atoms with van der Waals surface area (Å²) in [6, 6.07) is 0. The van der Waals surface area contributed by atoms with Crippen molar-refractivity contribution in [3.8, 4) is 0 Å². The van der Waals surface area contributed by atoms with Crippen LogP contribution in [0, 0.1) is 6.92 Å². The van der Waals surface area contributed by atoms with Gasteiger partial charge in [0.1, 0.15) is 11.0 Å². The van der Waals surface area contributed by atoms with Crippen molar-refractivity contribution in [2.75, 3.05) is 13.7 Å². The van der Waals surface area contributed by atoms with Crippen LogP contribution in [0.2, 0.25) is 5.15 Å². The van der Waals surface area contributed by atoms with E-state index >= 15 is 0 Å². The average molecular weight is 229 g/mol. The van der Waals surface area contributed by atoms with Gasteiger partial charge in [0.25, 0.3) is 0 Å². The van der Waals surface area contributed by atoms with Crippen molar-refractivity contribution >= 4 is 11.6 Å². The maximum Gasteiger partial charge on any atom is 0.136 e. The van der Waals surface area contributed by atoms with E-state index in [1.807, 2.05) is 6.92 Å². The van der Waals surface area contributed by atoms with Gasteiger partial charge < -0.3 is 4.74 Å². The molecule has 4 heteroatoms. The van der Waals surface area contributed by atoms with Gasteiger partial charge in [0, 0.05) is 24.8 Å². The smallest absolute Gasteiger partial charge is 0.136 e. The Bertz CT molecular complexity index is 316. The maximum atomic E-state index is 6.12. The lowest BCUT2D eigenvalue weighted by molar-refractivity contribution is 0.200. The Kier molecular flexibility index (Phi) is 4.48. The Morgan fingerprint density at radius 3 is 2.47 bits per heavy atom. The predicted octanol–water partition coefficient (Wildman–Crippen LogP) is 2.75. The zero-order chi connectivity index (χ0) is 11.4. The van der Waals surface area contributed by atoms with Gasteiger partial charge in [0.05, 0.1) is 6.61 Å². The largest absolute Gasteiger partial charge is 0.384 e. The molecule has 1 rings (SSSR count). The third-order valence-electron chi connectivity index (χ3n) is 2.24. The second-order valence-electron chi connectivity index (χ2n) is 3.83. The number of halogens is 1. The van der Waals surface area contributed by atoms with E-state index in [-0.39, 0.29) is 0 Å². The predicted molar refractivity (Wildman–Crippen MR) is 61.4 cm³/mol. The molecule has 0 unspecified atom stereocenters. The van der Waals surface area contributed by atoms with Crippen molar-refractivity contribution in [2.45, 2.75) is 33.1 Å². The van der Waals surface area contributed by atoms with Crippen molar-refractivity contribution in [3.05, 3.63) is 22.2 Å². The van der Waals surface area contributed by atoms with Crippen molar-refractivity contribution in [1.82, 2.24) is 9.97 Å². The van der Waals surface area contributed by atoms with Crippen LogP contribution in [0.15, 0.2) is 0 Å². The van der Waals surface area contributed by atoms with Crippen molar-refractivity contribution in [2.24, 2.45) is 0 Å². The van der Waals surface area contributed by atoms with Crippen LogP contribution >= 0.6 is 11.6 Å². The number of ether oxygens (including phenoxy) is 1. The van der Waals surface area contributed by atoms with Crippen LogP contribution < -0.4 is 0 Å². The van der Waals surface area contributed by atoms with Gasteiger partial charge in [-0.25, -0.2) is 9.97 Å². The highest BCUT2D eigenvalue weighted by Gasteiger charge is 2.12. The summed E-state index contributed by atoms with van der Waals surface area (Å²) in [4.78, 5) is 8.68. The second-order valence-corrected chi connectivity index (χ2v) is 4.19. The minimum atomic E-state index is 0.356. The molecular formula is C11H17ClN2O. The van der Waals surface area contributed by atoms with Gasteiger partial charge in [0.2, 0.25) is 0 Å². The molecule has 84 valence electrons. The summed E-state index contributed by atoms with van der Waals surface area (Å²) in [5.41, 5.74) is 2.01. The molecule has 3 nitrogen and oxygen atoms in total. The number of aryl methyl sites for hydroxylation is 1. The van der Waals surface area contributed by atoms with Gasteiger partial charge >= 0.3 is 0 Å². The molecule has 0 saturated heterocycles. The first-order valence-electron chi connectivity index (χ1n) is 5.08. The van der Waals surface area contributed by atoms with Crippen LogP contribution in [-0.4, -0.2) is 23.7 Å². The first-order valence-corrected chi connectivity index (χ1v) is 5.46. The van der Waals surface area contributed by atoms with E-state index in [0.29, 0.717) is 24.1 Å². The third-order valence-corrected chi connectivity index (χ3v) is 2.53. The minimum absolute atomic E-state index is 0.356. The summed E-state index contributed by atoms with van der Waals surface area (Å²) in [5.74, 6) is 1.11. The lowest BCUT2D eigenvalue weighted by atomic mass is 10.0. The molecule has 0 radical (unpaired) electrons. The van der Waals surface area contributed by atoms with E-state index in [9.17, 15) is 0 Å². The quantitative estimate of drug-likeness (QED) is 0.744. The number of nitrogens with zero attached hydrogens (tertiary/aromatic N) is 2. The Morgan fingerprint density at radius 2 is 2.00 bits per heavy atom. The number of aromatic nitrogens is 2. The van der Waals surface area contributed by atoms with Crippen LogP contribution in [0.25, 0.3) is 0 Å². The van der Waals surface area contributed by atoms with Crippen LogP contribution in [-0.2, 0) is 11.2 Å². The molecule has 0 aliphatic rings. The monoisotopic (exact) mass is 228 g/mol. The summed E-state index contributed by atoms with van der Waals surface area (Å²) >= 11 is 6.12. The summed E-state index contributed by atoms with van der Waals surface area (Å²) in [6.07, 6.45) is 0.704. The maximum absolute atomic E-state index is 6.12. The standard InChI is InChI=1S/C11H17ClN2O/c1-7(2)10-8(3)13-9(5-6-15-4)14-11(10)12/h7H,5-6H2,1-4H3. The molecule has 0 aromatic carbocycles. The highest BCUT2D eigenvalue weighted by molar-refractivity contribution is 6.30. The zero-order valence-electron chi connectivity index (χ0n) is 9.67. The van der Waals surface area contributed by atoms with Gasteiger partial charge in [-0.2, -0.15) is 0 Å². The van der Waals surface area contributed by atoms with Crippen LogP contribution in [0.5, 0.6) is 0 Å². The molecule has 0 spiro atoms. The van der Waals surface area contributed by atoms with Crippen molar-refractivity contribution < 1.29 is 4.74 Å². The van der Waals surface area contributed by atoms with Crippen molar-refractivity contribution in [1.29, 1.82) is 0 Å². The van der Waals surface area contributed by atoms with E-state index in [1.165, 1.54) is 0 Å². The molecular weight excluding hydrogens is 212 g/mol. The van der Waals surface area contributed by atoms with E-state index in [0.717, 1.165) is 17.1 Å². The Balaban J connectivity index is 2.97. The molecule has 1 heterocycles. The fourth-order valence-electron chi connectivity index (χ4n) is 1.56. The van der Waals surface area contributed by atoms with Gasteiger partial charge in [0.15, 0.2) is 0 Å². The van der Waals surface area contributed by atoms with E-state index in [4.69, 9.17) is 16.3 Å². The van der Waals surface area contributed by atoms with E-state index in [2.05, 4.69) is 23.8 Å². The van der Waals surface area contributed by atoms with Crippen LogP contribution in [0.4, 0.5) is 0 Å². The molecule has 0 fully saturated rings. The summed E-state index contributed by atoms with van der Waals surface area (Å²) < 4.78 is 4.98. The lowest BCUT2D eigenvalue weighted by Gasteiger charge is -2.11. The highest BCUT2D eigenvalue weighted by atomic mass is 35.5. The second kappa shape index (κ2) is 5.42. The topological polar surface area (TPSA) is 35.0 Å². The number of rotatable bonds is 4. The number of hydrogen-bond donors (Lipinski definition) is 0. The summed E-state index contributed by atoms with van der Waals surface area (Å²) in [5, 5.41) is 0.573. The minimum Gasteiger partial charge on any atom is -0.384 e. The molecule has 1 aromatic heterocycles. The Labute approximate surface area is 95.8 Å². The van der Waals surface area contributed by atoms with Gasteiger partial charge in [-0.3, -0.25) is 0 Å². The molecule has 0 N–H and O–H groups in total. The lowest BCUT2D eigenvalue weighted by Crippen LogP contribution is -2.06.